The van der Waals surface area contributed by atoms with Gasteiger partial charge in [-0.05, 0) is 44.4 Å². The van der Waals surface area contributed by atoms with Crippen LogP contribution in [-0.4, -0.2) is 49.2 Å². The average Bonchev–Trinajstić information content (AvgIpc) is 3.34. The maximum absolute atomic E-state index is 12.3. The van der Waals surface area contributed by atoms with Crippen LogP contribution in [0.25, 0.3) is 0 Å². The van der Waals surface area contributed by atoms with Gasteiger partial charge in [0, 0.05) is 32.3 Å². The smallest absolute Gasteiger partial charge is 0.249 e. The van der Waals surface area contributed by atoms with E-state index in [1.807, 2.05) is 0 Å². The van der Waals surface area contributed by atoms with Crippen LogP contribution >= 0.6 is 0 Å². The average molecular weight is 294 g/mol. The Kier molecular flexibility index (Phi) is 5.17. The second-order valence-electron chi connectivity index (χ2n) is 7.10. The predicted octanol–water partition coefficient (Wildman–Crippen LogP) is 2.32. The molecule has 3 fully saturated rings. The quantitative estimate of drug-likeness (QED) is 0.846. The predicted molar refractivity (Wildman–Crippen MR) is 83.1 cm³/mol. The minimum atomic E-state index is -0.207. The molecule has 1 N–H and O–H groups in total. The standard InChI is InChI=1S/C17H30N2O2/c1-21-16(13-7-8-13)17(20)18-14-9-11-19(12-10-14)15-5-3-2-4-6-15/h13-16H,2-12H2,1H3,(H,18,20)/t16-/m0/s1. The summed E-state index contributed by atoms with van der Waals surface area (Å²) in [6, 6.07) is 1.17. The van der Waals surface area contributed by atoms with E-state index in [4.69, 9.17) is 4.74 Å². The number of nitrogens with zero attached hydrogens (tertiary/aromatic N) is 1. The minimum absolute atomic E-state index is 0.121. The van der Waals surface area contributed by atoms with Crippen LogP contribution in [0.15, 0.2) is 0 Å². The summed E-state index contributed by atoms with van der Waals surface area (Å²) in [6.45, 7) is 2.30. The molecule has 2 aliphatic carbocycles. The molecular formula is C17H30N2O2. The molecule has 0 aromatic heterocycles. The summed E-state index contributed by atoms with van der Waals surface area (Å²) in [6.07, 6.45) is 11.3. The fourth-order valence-corrected chi connectivity index (χ4v) is 4.05. The van der Waals surface area contributed by atoms with Gasteiger partial charge in [0.1, 0.15) is 6.10 Å². The van der Waals surface area contributed by atoms with Crippen molar-refractivity contribution in [2.24, 2.45) is 5.92 Å². The third kappa shape index (κ3) is 3.98. The van der Waals surface area contributed by atoms with Crippen LogP contribution in [0, 0.1) is 5.92 Å². The number of methoxy groups -OCH3 is 1. The summed E-state index contributed by atoms with van der Waals surface area (Å²) in [7, 11) is 1.66. The Balaban J connectivity index is 1.41. The summed E-state index contributed by atoms with van der Waals surface area (Å²) in [5.41, 5.74) is 0. The van der Waals surface area contributed by atoms with Crippen molar-refractivity contribution in [3.8, 4) is 0 Å². The van der Waals surface area contributed by atoms with E-state index in [0.29, 0.717) is 12.0 Å². The van der Waals surface area contributed by atoms with E-state index in [2.05, 4.69) is 10.2 Å². The van der Waals surface area contributed by atoms with Crippen LogP contribution in [0.3, 0.4) is 0 Å². The highest BCUT2D eigenvalue weighted by Crippen LogP contribution is 2.34. The second kappa shape index (κ2) is 7.10. The SMILES string of the molecule is CO[C@H](C(=O)NC1CCN(C2CCCCC2)CC1)C1CC1. The molecule has 21 heavy (non-hydrogen) atoms. The molecule has 1 amide bonds. The third-order valence-electron chi connectivity index (χ3n) is 5.53. The highest BCUT2D eigenvalue weighted by molar-refractivity contribution is 5.81. The van der Waals surface area contributed by atoms with Gasteiger partial charge in [0.05, 0.1) is 0 Å². The van der Waals surface area contributed by atoms with Crippen molar-refractivity contribution in [3.05, 3.63) is 0 Å². The first-order valence-corrected chi connectivity index (χ1v) is 8.85. The van der Waals surface area contributed by atoms with Crippen molar-refractivity contribution >= 4 is 5.91 Å². The minimum Gasteiger partial charge on any atom is -0.371 e. The summed E-state index contributed by atoms with van der Waals surface area (Å²) in [5, 5.41) is 3.22. The molecule has 4 nitrogen and oxygen atoms in total. The van der Waals surface area contributed by atoms with E-state index < -0.39 is 0 Å². The number of hydrogen-bond donors (Lipinski definition) is 1. The lowest BCUT2D eigenvalue weighted by atomic mass is 9.92. The molecule has 0 unspecified atom stereocenters. The summed E-state index contributed by atoms with van der Waals surface area (Å²) in [5.74, 6) is 0.591. The Labute approximate surface area is 128 Å². The number of hydrogen-bond acceptors (Lipinski definition) is 3. The lowest BCUT2D eigenvalue weighted by molar-refractivity contribution is -0.133. The summed E-state index contributed by atoms with van der Waals surface area (Å²) >= 11 is 0. The topological polar surface area (TPSA) is 41.6 Å². The van der Waals surface area contributed by atoms with Gasteiger partial charge in [-0.2, -0.15) is 0 Å². The van der Waals surface area contributed by atoms with Crippen LogP contribution in [0.2, 0.25) is 0 Å². The Morgan fingerprint density at radius 2 is 1.71 bits per heavy atom. The summed E-state index contributed by atoms with van der Waals surface area (Å²) in [4.78, 5) is 14.9. The number of ether oxygens (including phenoxy) is 1. The molecule has 1 saturated heterocycles. The fraction of sp³-hybridized carbons (Fsp3) is 0.941. The van der Waals surface area contributed by atoms with Crippen LogP contribution < -0.4 is 5.32 Å². The number of carbonyl (C=O) groups is 1. The molecule has 2 saturated carbocycles. The van der Waals surface area contributed by atoms with E-state index in [9.17, 15) is 4.79 Å². The van der Waals surface area contributed by atoms with E-state index in [0.717, 1.165) is 44.8 Å². The van der Waals surface area contributed by atoms with Crippen molar-refractivity contribution in [1.29, 1.82) is 0 Å². The van der Waals surface area contributed by atoms with E-state index in [1.54, 1.807) is 7.11 Å². The largest absolute Gasteiger partial charge is 0.371 e. The zero-order chi connectivity index (χ0) is 14.7. The van der Waals surface area contributed by atoms with Crippen molar-refractivity contribution in [1.82, 2.24) is 10.2 Å². The zero-order valence-corrected chi connectivity index (χ0v) is 13.4. The van der Waals surface area contributed by atoms with Gasteiger partial charge >= 0.3 is 0 Å². The van der Waals surface area contributed by atoms with Crippen molar-refractivity contribution < 1.29 is 9.53 Å². The molecule has 120 valence electrons. The fourth-order valence-electron chi connectivity index (χ4n) is 4.05. The first-order chi connectivity index (χ1) is 10.3. The van der Waals surface area contributed by atoms with Gasteiger partial charge in [-0.25, -0.2) is 0 Å². The molecule has 4 heteroatoms. The molecule has 3 rings (SSSR count). The first kappa shape index (κ1) is 15.3. The van der Waals surface area contributed by atoms with Crippen LogP contribution in [0.1, 0.15) is 57.8 Å². The Hall–Kier alpha value is -0.610. The van der Waals surface area contributed by atoms with Gasteiger partial charge in [0.15, 0.2) is 0 Å². The molecule has 0 aromatic carbocycles. The highest BCUT2D eigenvalue weighted by atomic mass is 16.5. The summed E-state index contributed by atoms with van der Waals surface area (Å²) < 4.78 is 5.37. The van der Waals surface area contributed by atoms with Gasteiger partial charge in [-0.3, -0.25) is 4.79 Å². The monoisotopic (exact) mass is 294 g/mol. The normalized spacial score (nSPS) is 27.5. The lowest BCUT2D eigenvalue weighted by Crippen LogP contribution is -2.50. The number of piperidine rings is 1. The Morgan fingerprint density at radius 3 is 2.29 bits per heavy atom. The maximum Gasteiger partial charge on any atom is 0.249 e. The van der Waals surface area contributed by atoms with Gasteiger partial charge in [-0.1, -0.05) is 19.3 Å². The molecule has 3 aliphatic rings. The highest BCUT2D eigenvalue weighted by Gasteiger charge is 2.37. The molecule has 0 bridgehead atoms. The first-order valence-electron chi connectivity index (χ1n) is 8.85. The number of nitrogens with one attached hydrogen (secondary N) is 1. The molecule has 0 aromatic rings. The maximum atomic E-state index is 12.3. The Morgan fingerprint density at radius 1 is 1.05 bits per heavy atom. The number of likely N-dealkylation sites (tertiary alicyclic amines) is 1. The molecule has 1 aliphatic heterocycles. The van der Waals surface area contributed by atoms with Crippen LogP contribution in [0.5, 0.6) is 0 Å². The molecule has 0 radical (unpaired) electrons. The van der Waals surface area contributed by atoms with Crippen molar-refractivity contribution in [2.45, 2.75) is 76.0 Å². The van der Waals surface area contributed by atoms with Gasteiger partial charge in [-0.15, -0.1) is 0 Å². The Bertz CT molecular complexity index is 343. The zero-order valence-electron chi connectivity index (χ0n) is 13.4. The van der Waals surface area contributed by atoms with Gasteiger partial charge in [0.25, 0.3) is 0 Å². The van der Waals surface area contributed by atoms with Crippen molar-refractivity contribution in [3.63, 3.8) is 0 Å². The number of rotatable bonds is 5. The molecular weight excluding hydrogens is 264 g/mol. The van der Waals surface area contributed by atoms with E-state index in [-0.39, 0.29) is 12.0 Å². The van der Waals surface area contributed by atoms with Gasteiger partial charge in [0.2, 0.25) is 5.91 Å². The lowest BCUT2D eigenvalue weighted by Gasteiger charge is -2.39. The van der Waals surface area contributed by atoms with E-state index >= 15 is 0 Å². The molecule has 1 atom stereocenters. The van der Waals surface area contributed by atoms with Crippen LogP contribution in [-0.2, 0) is 9.53 Å². The second-order valence-corrected chi connectivity index (χ2v) is 7.10. The number of carbonyl (C=O) groups excluding carboxylic acids is 1. The van der Waals surface area contributed by atoms with Crippen LogP contribution in [0.4, 0.5) is 0 Å². The third-order valence-corrected chi connectivity index (χ3v) is 5.53. The molecule has 1 heterocycles. The van der Waals surface area contributed by atoms with Gasteiger partial charge < -0.3 is 15.0 Å². The number of amides is 1. The van der Waals surface area contributed by atoms with E-state index in [1.165, 1.54) is 32.1 Å². The molecule has 0 spiro atoms. The van der Waals surface area contributed by atoms with Crippen molar-refractivity contribution in [2.75, 3.05) is 20.2 Å².